The fraction of sp³-hybridized carbons (Fsp3) is 0.432. The van der Waals surface area contributed by atoms with Gasteiger partial charge in [0.15, 0.2) is 5.96 Å². The van der Waals surface area contributed by atoms with E-state index in [9.17, 15) is 33.9 Å². The summed E-state index contributed by atoms with van der Waals surface area (Å²) in [7, 11) is 0. The van der Waals surface area contributed by atoms with Gasteiger partial charge in [0, 0.05) is 42.2 Å². The highest BCUT2D eigenvalue weighted by molar-refractivity contribution is 8.00. The predicted octanol–water partition coefficient (Wildman–Crippen LogP) is -0.766. The topological polar surface area (TPSA) is 266 Å². The molecule has 3 aliphatic heterocycles. The number of para-hydroxylation sites is 1. The number of carbonyl (C=O) groups is 6. The van der Waals surface area contributed by atoms with E-state index in [1.54, 1.807) is 18.3 Å². The maximum absolute atomic E-state index is 14.2. The third-order valence-electron chi connectivity index (χ3n) is 10.0. The van der Waals surface area contributed by atoms with Gasteiger partial charge in [0.25, 0.3) is 0 Å². The largest absolute Gasteiger partial charge is 0.508 e. The molecule has 7 atom stereocenters. The number of H-pyrrole nitrogens is 1. The zero-order chi connectivity index (χ0) is 39.2. The van der Waals surface area contributed by atoms with Gasteiger partial charge in [-0.05, 0) is 61.9 Å². The molecule has 3 fully saturated rings. The van der Waals surface area contributed by atoms with Crippen molar-refractivity contribution in [2.45, 2.75) is 87.1 Å². The molecular weight excluding hydrogens is 729 g/mol. The van der Waals surface area contributed by atoms with Crippen LogP contribution < -0.4 is 38.1 Å². The average molecular weight is 775 g/mol. The number of aromatic amines is 1. The Balaban J connectivity index is 1.35. The van der Waals surface area contributed by atoms with Crippen LogP contribution in [0.1, 0.15) is 43.7 Å². The van der Waals surface area contributed by atoms with Gasteiger partial charge in [-0.3, -0.25) is 33.8 Å². The van der Waals surface area contributed by atoms with Crippen LogP contribution in [-0.2, 0) is 41.6 Å². The summed E-state index contributed by atoms with van der Waals surface area (Å²) < 4.78 is 0. The normalized spacial score (nSPS) is 26.6. The Labute approximate surface area is 321 Å². The average Bonchev–Trinajstić information content (AvgIpc) is 3.78. The lowest BCUT2D eigenvalue weighted by atomic mass is 9.99. The third-order valence-corrected chi connectivity index (χ3v) is 11.4. The van der Waals surface area contributed by atoms with Crippen molar-refractivity contribution in [1.82, 2.24) is 36.5 Å². The number of nitrogens with two attached hydrogens (primary N) is 2. The van der Waals surface area contributed by atoms with Gasteiger partial charge in [0.2, 0.25) is 35.4 Å². The molecule has 0 aliphatic carbocycles. The van der Waals surface area contributed by atoms with Crippen LogP contribution in [-0.4, -0.2) is 110 Å². The highest BCUT2D eigenvalue weighted by Crippen LogP contribution is 2.36. The molecule has 6 amide bonds. The van der Waals surface area contributed by atoms with Crippen LogP contribution >= 0.6 is 11.8 Å². The molecule has 1 aromatic heterocycles. The van der Waals surface area contributed by atoms with Gasteiger partial charge >= 0.3 is 0 Å². The standard InChI is InChI=1S/C37H46N10O7S/c1-19-31(49)45-28(16-21-17-41-24-6-3-2-5-23(21)24)34(52)43-25(7-4-14-40-37(38)39)32(50)46-27(15-20-8-10-22(48)11-9-20)33(51)44-26-12-13-30-47(36(26)54)29(18-55-30)35(53)42-19/h2-3,5-6,8-11,17,19,25-30,41,48H,4,7,12-16,18H2,1H3,(H,42,53)(H,43,52)(H,44,51)(H,45,49)(H,46,50)(H4,38,39,40)/t19-,25-,26+,27-,28-,29+,30+/m0/s1. The minimum atomic E-state index is -1.21. The second-order valence-corrected chi connectivity index (χ2v) is 15.2. The second kappa shape index (κ2) is 17.1. The molecule has 17 nitrogen and oxygen atoms in total. The van der Waals surface area contributed by atoms with E-state index >= 15 is 0 Å². The van der Waals surface area contributed by atoms with Crippen LogP contribution in [0.15, 0.2) is 59.7 Å². The van der Waals surface area contributed by atoms with Crippen LogP contribution in [0.3, 0.4) is 0 Å². The molecule has 292 valence electrons. The van der Waals surface area contributed by atoms with Crippen molar-refractivity contribution in [3.63, 3.8) is 0 Å². The summed E-state index contributed by atoms with van der Waals surface area (Å²) >= 11 is 1.45. The molecule has 2 aromatic carbocycles. The second-order valence-electron chi connectivity index (χ2n) is 14.0. The number of phenolic OH excluding ortho intramolecular Hbond substituents is 1. The van der Waals surface area contributed by atoms with Crippen molar-refractivity contribution in [2.75, 3.05) is 12.3 Å². The lowest BCUT2D eigenvalue weighted by Gasteiger charge is -2.37. The number of aromatic hydroxyl groups is 1. The van der Waals surface area contributed by atoms with Crippen molar-refractivity contribution >= 4 is 64.1 Å². The van der Waals surface area contributed by atoms with Gasteiger partial charge in [-0.1, -0.05) is 30.3 Å². The Hall–Kier alpha value is -5.78. The molecule has 6 rings (SSSR count). The molecule has 0 radical (unpaired) electrons. The number of piperidine rings is 1. The summed E-state index contributed by atoms with van der Waals surface area (Å²) in [6, 6.07) is 6.99. The minimum absolute atomic E-state index is 0.0126. The van der Waals surface area contributed by atoms with E-state index < -0.39 is 71.7 Å². The summed E-state index contributed by atoms with van der Waals surface area (Å²) in [6.07, 6.45) is 2.89. The molecule has 0 saturated carbocycles. The Morgan fingerprint density at radius 3 is 2.25 bits per heavy atom. The number of thioether (sulfide) groups is 1. The number of aromatic nitrogens is 1. The maximum atomic E-state index is 14.2. The molecule has 0 spiro atoms. The first-order valence-corrected chi connectivity index (χ1v) is 19.3. The van der Waals surface area contributed by atoms with Crippen LogP contribution in [0.4, 0.5) is 0 Å². The number of nitrogens with one attached hydrogen (secondary N) is 6. The summed E-state index contributed by atoms with van der Waals surface area (Å²) in [5, 5.41) is 24.3. The molecule has 0 unspecified atom stereocenters. The summed E-state index contributed by atoms with van der Waals surface area (Å²) in [5.41, 5.74) is 13.2. The summed E-state index contributed by atoms with van der Waals surface area (Å²) in [5.74, 6) is -3.46. The molecule has 18 heteroatoms. The lowest BCUT2D eigenvalue weighted by Crippen LogP contribution is -2.63. The SMILES string of the molecule is C[C@@H]1NC(=O)[C@H]2CS[C@@H]3CC[C@@H](NC(=O)[C@H](Cc4ccc(O)cc4)NC(=O)[C@H](CCCN=C(N)N)NC(=O)[C@H](Cc4c[nH]c5ccccc45)NC1=O)C(=O)N23. The van der Waals surface area contributed by atoms with E-state index in [-0.39, 0.29) is 49.3 Å². The van der Waals surface area contributed by atoms with Gasteiger partial charge in [-0.25, -0.2) is 0 Å². The van der Waals surface area contributed by atoms with Gasteiger partial charge in [-0.2, -0.15) is 0 Å². The Bertz CT molecular complexity index is 1970. The Morgan fingerprint density at radius 2 is 1.49 bits per heavy atom. The molecule has 3 aromatic rings. The van der Waals surface area contributed by atoms with Crippen molar-refractivity contribution in [2.24, 2.45) is 16.5 Å². The van der Waals surface area contributed by atoms with E-state index in [0.29, 0.717) is 24.2 Å². The van der Waals surface area contributed by atoms with Crippen LogP contribution in [0.25, 0.3) is 10.9 Å². The smallest absolute Gasteiger partial charge is 0.246 e. The molecular formula is C37H46N10O7S. The first-order valence-electron chi connectivity index (χ1n) is 18.2. The number of hydrogen-bond donors (Lipinski definition) is 9. The Kier molecular flexibility index (Phi) is 12.1. The number of fused-ring (bicyclic) bond motifs is 2. The fourth-order valence-electron chi connectivity index (χ4n) is 7.10. The van der Waals surface area contributed by atoms with E-state index in [0.717, 1.165) is 16.5 Å². The van der Waals surface area contributed by atoms with Crippen molar-refractivity contribution < 1.29 is 33.9 Å². The van der Waals surface area contributed by atoms with Crippen LogP contribution in [0, 0.1) is 0 Å². The van der Waals surface area contributed by atoms with Crippen LogP contribution in [0.2, 0.25) is 0 Å². The maximum Gasteiger partial charge on any atom is 0.246 e. The molecule has 11 N–H and O–H groups in total. The quantitative estimate of drug-likeness (QED) is 0.0784. The molecule has 3 saturated heterocycles. The minimum Gasteiger partial charge on any atom is -0.508 e. The van der Waals surface area contributed by atoms with Crippen LogP contribution in [0.5, 0.6) is 5.75 Å². The Morgan fingerprint density at radius 1 is 0.818 bits per heavy atom. The van der Waals surface area contributed by atoms with Crippen molar-refractivity contribution in [3.8, 4) is 5.75 Å². The van der Waals surface area contributed by atoms with E-state index in [2.05, 4.69) is 36.6 Å². The summed E-state index contributed by atoms with van der Waals surface area (Å²) in [4.78, 5) is 92.2. The zero-order valence-corrected chi connectivity index (χ0v) is 31.1. The number of benzene rings is 2. The number of aliphatic imine (C=N–C) groups is 1. The number of hydrogen-bond acceptors (Lipinski definition) is 9. The van der Waals surface area contributed by atoms with E-state index in [4.69, 9.17) is 11.5 Å². The molecule has 55 heavy (non-hydrogen) atoms. The van der Waals surface area contributed by atoms with Gasteiger partial charge in [0.1, 0.15) is 42.0 Å². The first-order chi connectivity index (χ1) is 26.4. The monoisotopic (exact) mass is 774 g/mol. The number of nitrogens with zero attached hydrogens (tertiary/aromatic N) is 2. The predicted molar refractivity (Wildman–Crippen MR) is 205 cm³/mol. The van der Waals surface area contributed by atoms with E-state index in [1.165, 1.54) is 35.7 Å². The highest BCUT2D eigenvalue weighted by Gasteiger charge is 2.48. The summed E-state index contributed by atoms with van der Waals surface area (Å²) in [6.45, 7) is 1.63. The number of rotatable bonds is 8. The van der Waals surface area contributed by atoms with E-state index in [1.807, 2.05) is 24.3 Å². The fourth-order valence-corrected chi connectivity index (χ4v) is 8.53. The highest BCUT2D eigenvalue weighted by atomic mass is 32.2. The van der Waals surface area contributed by atoms with Gasteiger partial charge in [0.05, 0.1) is 5.37 Å². The number of amides is 6. The van der Waals surface area contributed by atoms with Gasteiger partial charge in [-0.15, -0.1) is 11.8 Å². The molecule has 2 bridgehead atoms. The zero-order valence-electron chi connectivity index (χ0n) is 30.2. The molecule has 3 aliphatic rings. The number of phenols is 1. The molecule has 4 heterocycles. The number of guanidine groups is 1. The van der Waals surface area contributed by atoms with Crippen molar-refractivity contribution in [3.05, 3.63) is 65.9 Å². The first kappa shape index (κ1) is 38.9. The third kappa shape index (κ3) is 9.30. The van der Waals surface area contributed by atoms with Gasteiger partial charge < -0.3 is 53.0 Å². The number of carbonyl (C=O) groups excluding carboxylic acids is 6. The lowest BCUT2D eigenvalue weighted by molar-refractivity contribution is -0.146. The van der Waals surface area contributed by atoms with Crippen molar-refractivity contribution in [1.29, 1.82) is 0 Å².